The van der Waals surface area contributed by atoms with Crippen LogP contribution in [0.25, 0.3) is 0 Å². The molecule has 0 saturated heterocycles. The quantitative estimate of drug-likeness (QED) is 0.399. The molecule has 2 aliphatic heterocycles. The molecule has 2 aliphatic rings. The van der Waals surface area contributed by atoms with Crippen LogP contribution in [0.2, 0.25) is 0 Å². The van der Waals surface area contributed by atoms with E-state index in [1.54, 1.807) is 11.0 Å². The van der Waals surface area contributed by atoms with Crippen molar-refractivity contribution >= 4 is 17.8 Å². The van der Waals surface area contributed by atoms with E-state index >= 15 is 0 Å². The van der Waals surface area contributed by atoms with Crippen molar-refractivity contribution in [3.8, 4) is 5.75 Å². The lowest BCUT2D eigenvalue weighted by molar-refractivity contribution is -0.131. The number of nitrogens with two attached hydrogens (primary N) is 1. The summed E-state index contributed by atoms with van der Waals surface area (Å²) in [5.74, 6) is 0.821. The van der Waals surface area contributed by atoms with E-state index in [-0.39, 0.29) is 36.3 Å². The predicted molar refractivity (Wildman–Crippen MR) is 152 cm³/mol. The molecule has 2 heterocycles. The molecule has 0 unspecified atom stereocenters. The Morgan fingerprint density at radius 1 is 1.10 bits per heavy atom. The number of nitrogens with zero attached hydrogens (tertiary/aromatic N) is 2. The third kappa shape index (κ3) is 5.26. The number of guanidine groups is 1. The summed E-state index contributed by atoms with van der Waals surface area (Å²) in [5.41, 5.74) is 9.28. The van der Waals surface area contributed by atoms with E-state index in [2.05, 4.69) is 12.2 Å². The standard InChI is InChI=1S/C32H36N4O3/c1-3-11-27(36-29(37)21-32(4-2,35-31(36)33)24-14-6-5-7-15-24)22-12-10-13-23(20-22)30(38)34-26-18-19-39-28-17-9-8-16-25(26)28/h5-10,12-17,20,26-27H,3-4,11,18-19,21H2,1-2H3,(H2,33,35)(H,34,38)/t26-,27+,32+/m0/s1. The summed E-state index contributed by atoms with van der Waals surface area (Å²) in [6, 6.07) is 24.8. The molecule has 0 bridgehead atoms. The van der Waals surface area contributed by atoms with Gasteiger partial charge in [0.2, 0.25) is 5.91 Å². The van der Waals surface area contributed by atoms with Crippen LogP contribution in [0.3, 0.4) is 0 Å². The largest absolute Gasteiger partial charge is 0.493 e. The van der Waals surface area contributed by atoms with E-state index in [1.165, 1.54) is 0 Å². The van der Waals surface area contributed by atoms with E-state index in [9.17, 15) is 9.59 Å². The number of carbonyl (C=O) groups excluding carboxylic acids is 2. The Morgan fingerprint density at radius 2 is 1.87 bits per heavy atom. The zero-order valence-electron chi connectivity index (χ0n) is 22.6. The van der Waals surface area contributed by atoms with E-state index < -0.39 is 5.54 Å². The van der Waals surface area contributed by atoms with Crippen molar-refractivity contribution in [1.82, 2.24) is 10.2 Å². The van der Waals surface area contributed by atoms with Gasteiger partial charge in [0, 0.05) is 17.5 Å². The maximum atomic E-state index is 13.7. The number of fused-ring (bicyclic) bond motifs is 1. The van der Waals surface area contributed by atoms with Gasteiger partial charge in [-0.15, -0.1) is 0 Å². The lowest BCUT2D eigenvalue weighted by atomic mass is 9.82. The number of hydrogen-bond donors (Lipinski definition) is 2. The topological polar surface area (TPSA) is 97.0 Å². The molecule has 0 fully saturated rings. The molecular weight excluding hydrogens is 488 g/mol. The Balaban J connectivity index is 1.42. The first-order valence-electron chi connectivity index (χ1n) is 13.8. The van der Waals surface area contributed by atoms with Gasteiger partial charge in [-0.05, 0) is 42.2 Å². The fraction of sp³-hybridized carbons (Fsp3) is 0.344. The van der Waals surface area contributed by atoms with Crippen molar-refractivity contribution in [1.29, 1.82) is 0 Å². The average Bonchev–Trinajstić information content (AvgIpc) is 2.97. The van der Waals surface area contributed by atoms with Gasteiger partial charge in [-0.1, -0.05) is 80.9 Å². The van der Waals surface area contributed by atoms with Gasteiger partial charge < -0.3 is 15.8 Å². The Kier molecular flexibility index (Phi) is 7.68. The maximum Gasteiger partial charge on any atom is 0.251 e. The number of amides is 2. The Morgan fingerprint density at radius 3 is 2.62 bits per heavy atom. The van der Waals surface area contributed by atoms with Crippen LogP contribution in [0.1, 0.15) is 85.1 Å². The molecular formula is C32H36N4O3. The van der Waals surface area contributed by atoms with Crippen molar-refractivity contribution in [3.05, 3.63) is 101 Å². The highest BCUT2D eigenvalue weighted by Crippen LogP contribution is 2.40. The molecule has 202 valence electrons. The van der Waals surface area contributed by atoms with Crippen LogP contribution in [0, 0.1) is 0 Å². The van der Waals surface area contributed by atoms with E-state index in [4.69, 9.17) is 15.5 Å². The van der Waals surface area contributed by atoms with Gasteiger partial charge >= 0.3 is 0 Å². The number of hydrogen-bond acceptors (Lipinski definition) is 5. The molecule has 0 radical (unpaired) electrons. The second kappa shape index (κ2) is 11.3. The summed E-state index contributed by atoms with van der Waals surface area (Å²) in [5, 5.41) is 3.18. The minimum Gasteiger partial charge on any atom is -0.493 e. The summed E-state index contributed by atoms with van der Waals surface area (Å²) in [6.07, 6.45) is 3.16. The van der Waals surface area contributed by atoms with Gasteiger partial charge in [0.25, 0.3) is 5.91 Å². The zero-order valence-corrected chi connectivity index (χ0v) is 22.6. The van der Waals surface area contributed by atoms with Crippen LogP contribution < -0.4 is 15.8 Å². The summed E-state index contributed by atoms with van der Waals surface area (Å²) in [4.78, 5) is 33.6. The van der Waals surface area contributed by atoms with Crippen LogP contribution in [-0.2, 0) is 10.3 Å². The van der Waals surface area contributed by atoms with Gasteiger partial charge in [0.15, 0.2) is 5.96 Å². The Hall–Kier alpha value is -4.13. The smallest absolute Gasteiger partial charge is 0.251 e. The molecule has 3 aromatic rings. The minimum atomic E-state index is -0.669. The van der Waals surface area contributed by atoms with Gasteiger partial charge in [0.1, 0.15) is 5.75 Å². The van der Waals surface area contributed by atoms with Gasteiger partial charge in [0.05, 0.1) is 30.7 Å². The molecule has 2 amide bonds. The minimum absolute atomic E-state index is 0.0553. The van der Waals surface area contributed by atoms with Gasteiger partial charge in [-0.2, -0.15) is 0 Å². The second-order valence-electron chi connectivity index (χ2n) is 10.3. The number of nitrogens with one attached hydrogen (secondary N) is 1. The molecule has 0 aliphatic carbocycles. The molecule has 7 heteroatoms. The highest BCUT2D eigenvalue weighted by atomic mass is 16.5. The number of benzene rings is 3. The van der Waals surface area contributed by atoms with Crippen molar-refractivity contribution < 1.29 is 14.3 Å². The maximum absolute atomic E-state index is 13.7. The SMILES string of the molecule is CCC[C@H](c1cccc(C(=O)N[C@H]2CCOc3ccccc32)c1)N1C(=O)C[C@](CC)(c2ccccc2)N=C1N. The molecule has 0 saturated carbocycles. The molecule has 3 atom stereocenters. The van der Waals surface area contributed by atoms with E-state index in [0.29, 0.717) is 31.4 Å². The van der Waals surface area contributed by atoms with Crippen LogP contribution in [-0.4, -0.2) is 29.3 Å². The first-order chi connectivity index (χ1) is 19.0. The van der Waals surface area contributed by atoms with Crippen LogP contribution in [0.4, 0.5) is 0 Å². The second-order valence-corrected chi connectivity index (χ2v) is 10.3. The average molecular weight is 525 g/mol. The molecule has 0 aromatic heterocycles. The fourth-order valence-corrected chi connectivity index (χ4v) is 5.77. The third-order valence-corrected chi connectivity index (χ3v) is 7.85. The Labute approximate surface area is 230 Å². The predicted octanol–water partition coefficient (Wildman–Crippen LogP) is 5.63. The number of rotatable bonds is 8. The number of para-hydroxylation sites is 1. The molecule has 0 spiro atoms. The lowest BCUT2D eigenvalue weighted by Gasteiger charge is -2.40. The zero-order chi connectivity index (χ0) is 27.4. The monoisotopic (exact) mass is 524 g/mol. The van der Waals surface area contributed by atoms with Crippen LogP contribution in [0.5, 0.6) is 5.75 Å². The Bertz CT molecular complexity index is 1370. The van der Waals surface area contributed by atoms with Gasteiger partial charge in [-0.25, -0.2) is 4.99 Å². The number of ether oxygens (including phenoxy) is 1. The van der Waals surface area contributed by atoms with E-state index in [0.717, 1.165) is 28.9 Å². The number of aliphatic imine (C=N–C) groups is 1. The highest BCUT2D eigenvalue weighted by molar-refractivity contribution is 6.00. The normalized spacial score (nSPS) is 21.4. The van der Waals surface area contributed by atoms with Gasteiger partial charge in [-0.3, -0.25) is 14.5 Å². The molecule has 39 heavy (non-hydrogen) atoms. The highest BCUT2D eigenvalue weighted by Gasteiger charge is 2.42. The molecule has 5 rings (SSSR count). The summed E-state index contributed by atoms with van der Waals surface area (Å²) >= 11 is 0. The summed E-state index contributed by atoms with van der Waals surface area (Å²) in [6.45, 7) is 4.67. The van der Waals surface area contributed by atoms with Crippen molar-refractivity contribution in [2.24, 2.45) is 10.7 Å². The van der Waals surface area contributed by atoms with Crippen LogP contribution in [0.15, 0.2) is 83.9 Å². The van der Waals surface area contributed by atoms with Crippen molar-refractivity contribution in [2.45, 2.75) is 63.6 Å². The molecule has 3 aromatic carbocycles. The summed E-state index contributed by atoms with van der Waals surface area (Å²) < 4.78 is 5.74. The van der Waals surface area contributed by atoms with Crippen molar-refractivity contribution in [2.75, 3.05) is 6.61 Å². The lowest BCUT2D eigenvalue weighted by Crippen LogP contribution is -2.51. The summed E-state index contributed by atoms with van der Waals surface area (Å²) in [7, 11) is 0. The number of carbonyl (C=O) groups is 2. The fourth-order valence-electron chi connectivity index (χ4n) is 5.77. The molecule has 3 N–H and O–H groups in total. The van der Waals surface area contributed by atoms with Crippen LogP contribution >= 0.6 is 0 Å². The first kappa shape index (κ1) is 26.5. The first-order valence-corrected chi connectivity index (χ1v) is 13.8. The van der Waals surface area contributed by atoms with E-state index in [1.807, 2.05) is 79.7 Å². The third-order valence-electron chi connectivity index (χ3n) is 7.85. The van der Waals surface area contributed by atoms with Crippen molar-refractivity contribution in [3.63, 3.8) is 0 Å². The molecule has 7 nitrogen and oxygen atoms in total.